The Labute approximate surface area is 128 Å². The Balaban J connectivity index is 2.70. The molecule has 3 N–H and O–H groups in total. The van der Waals surface area contributed by atoms with E-state index in [0.717, 1.165) is 12.1 Å². The van der Waals surface area contributed by atoms with Gasteiger partial charge in [-0.25, -0.2) is 4.39 Å². The summed E-state index contributed by atoms with van der Waals surface area (Å²) in [5.41, 5.74) is 3.75. The van der Waals surface area contributed by atoms with Crippen LogP contribution in [0.1, 0.15) is 19.8 Å². The number of carboxylic acids is 1. The number of hydrogen-bond acceptors (Lipinski definition) is 5. The summed E-state index contributed by atoms with van der Waals surface area (Å²) in [5, 5.41) is 19.7. The van der Waals surface area contributed by atoms with E-state index in [1.54, 1.807) is 0 Å². The minimum Gasteiger partial charge on any atom is -0.487 e. The molecular weight excluding hydrogens is 351 g/mol. The van der Waals surface area contributed by atoms with Crippen LogP contribution in [-0.4, -0.2) is 28.1 Å². The lowest BCUT2D eigenvalue weighted by Gasteiger charge is -2.18. The van der Waals surface area contributed by atoms with Crippen LogP contribution in [0.5, 0.6) is 5.75 Å². The third-order valence-electron chi connectivity index (χ3n) is 2.79. The number of nitro benzene ring substituents is 1. The van der Waals surface area contributed by atoms with E-state index in [9.17, 15) is 19.3 Å². The lowest BCUT2D eigenvalue weighted by atomic mass is 9.98. The molecule has 0 aliphatic rings. The van der Waals surface area contributed by atoms with Crippen LogP contribution in [0.4, 0.5) is 10.1 Å². The normalized spacial score (nSPS) is 13.5. The predicted octanol–water partition coefficient (Wildman–Crippen LogP) is 2.46. The van der Waals surface area contributed by atoms with E-state index in [1.165, 1.54) is 6.92 Å². The van der Waals surface area contributed by atoms with Gasteiger partial charge in [0.1, 0.15) is 11.4 Å². The molecule has 1 aromatic rings. The highest BCUT2D eigenvalue weighted by atomic mass is 79.9. The molecule has 1 unspecified atom stereocenters. The average Bonchev–Trinajstić information content (AvgIpc) is 2.37. The van der Waals surface area contributed by atoms with Gasteiger partial charge in [0.2, 0.25) is 0 Å². The molecule has 0 aliphatic carbocycles. The molecule has 0 saturated carbocycles. The topological polar surface area (TPSA) is 116 Å². The summed E-state index contributed by atoms with van der Waals surface area (Å²) in [5.74, 6) is -2.05. The zero-order valence-corrected chi connectivity index (χ0v) is 12.7. The number of ether oxygens (including phenoxy) is 1. The van der Waals surface area contributed by atoms with Crippen LogP contribution in [0, 0.1) is 15.9 Å². The molecule has 21 heavy (non-hydrogen) atoms. The minimum absolute atomic E-state index is 0.0119. The van der Waals surface area contributed by atoms with Gasteiger partial charge in [0.15, 0.2) is 5.75 Å². The Morgan fingerprint density at radius 2 is 2.24 bits per heavy atom. The van der Waals surface area contributed by atoms with Crippen LogP contribution in [0.15, 0.2) is 16.6 Å². The molecule has 0 bridgehead atoms. The van der Waals surface area contributed by atoms with Gasteiger partial charge in [0.05, 0.1) is 16.0 Å². The summed E-state index contributed by atoms with van der Waals surface area (Å²) in [6, 6.07) is 1.91. The summed E-state index contributed by atoms with van der Waals surface area (Å²) in [4.78, 5) is 21.0. The first-order valence-corrected chi connectivity index (χ1v) is 6.73. The lowest BCUT2D eigenvalue weighted by molar-refractivity contribution is -0.386. The molecule has 1 rings (SSSR count). The number of rotatable bonds is 7. The first-order chi connectivity index (χ1) is 9.65. The van der Waals surface area contributed by atoms with Gasteiger partial charge in [-0.05, 0) is 35.7 Å². The van der Waals surface area contributed by atoms with Gasteiger partial charge in [-0.3, -0.25) is 14.9 Å². The highest BCUT2D eigenvalue weighted by Crippen LogP contribution is 2.32. The van der Waals surface area contributed by atoms with Crippen LogP contribution >= 0.6 is 15.9 Å². The Bertz CT molecular complexity index is 565. The first kappa shape index (κ1) is 17.3. The second-order valence-corrected chi connectivity index (χ2v) is 5.52. The molecule has 1 aromatic carbocycles. The van der Waals surface area contributed by atoms with E-state index in [4.69, 9.17) is 15.6 Å². The van der Waals surface area contributed by atoms with E-state index in [2.05, 4.69) is 15.9 Å². The third kappa shape index (κ3) is 4.64. The second kappa shape index (κ2) is 6.81. The molecule has 0 saturated heterocycles. The van der Waals surface area contributed by atoms with Crippen LogP contribution in [0.2, 0.25) is 0 Å². The molecule has 0 amide bonds. The Kier molecular flexibility index (Phi) is 5.62. The van der Waals surface area contributed by atoms with Crippen molar-refractivity contribution in [3.05, 3.63) is 32.5 Å². The zero-order chi connectivity index (χ0) is 16.2. The summed E-state index contributed by atoms with van der Waals surface area (Å²) < 4.78 is 18.5. The fourth-order valence-corrected chi connectivity index (χ4v) is 1.84. The molecule has 7 nitrogen and oxygen atoms in total. The van der Waals surface area contributed by atoms with Gasteiger partial charge in [0, 0.05) is 12.1 Å². The van der Waals surface area contributed by atoms with Gasteiger partial charge in [-0.15, -0.1) is 0 Å². The monoisotopic (exact) mass is 364 g/mol. The molecule has 0 heterocycles. The SMILES string of the molecule is CC(N)(CCCOc1cc(F)c(Br)cc1[N+](=O)[O-])C(=O)O. The molecule has 0 spiro atoms. The number of nitrogens with two attached hydrogens (primary N) is 1. The van der Waals surface area contributed by atoms with Crippen molar-refractivity contribution in [2.24, 2.45) is 5.73 Å². The van der Waals surface area contributed by atoms with E-state index in [-0.39, 0.29) is 35.4 Å². The van der Waals surface area contributed by atoms with Gasteiger partial charge in [-0.2, -0.15) is 0 Å². The van der Waals surface area contributed by atoms with Crippen molar-refractivity contribution in [1.82, 2.24) is 0 Å². The highest BCUT2D eigenvalue weighted by molar-refractivity contribution is 9.10. The summed E-state index contributed by atoms with van der Waals surface area (Å²) in [6.45, 7) is 1.35. The Morgan fingerprint density at radius 1 is 1.62 bits per heavy atom. The summed E-state index contributed by atoms with van der Waals surface area (Å²) >= 11 is 2.86. The largest absolute Gasteiger partial charge is 0.487 e. The molecule has 0 aliphatic heterocycles. The standard InChI is InChI=1S/C12H14BrFN2O5/c1-12(15,11(17)18)3-2-4-21-10-6-8(14)7(13)5-9(10)16(19)20/h5-6H,2-4,15H2,1H3,(H,17,18). The molecule has 0 radical (unpaired) electrons. The van der Waals surface area contributed by atoms with E-state index in [1.807, 2.05) is 0 Å². The fourth-order valence-electron chi connectivity index (χ4n) is 1.50. The summed E-state index contributed by atoms with van der Waals surface area (Å²) in [6.07, 6.45) is 0.378. The maximum atomic E-state index is 13.4. The maximum Gasteiger partial charge on any atom is 0.323 e. The van der Waals surface area contributed by atoms with Crippen molar-refractivity contribution in [3.63, 3.8) is 0 Å². The van der Waals surface area contributed by atoms with Gasteiger partial charge in [-0.1, -0.05) is 0 Å². The number of benzene rings is 1. The number of nitrogens with zero attached hydrogens (tertiary/aromatic N) is 1. The van der Waals surface area contributed by atoms with Crippen molar-refractivity contribution in [2.75, 3.05) is 6.61 Å². The fraction of sp³-hybridized carbons (Fsp3) is 0.417. The van der Waals surface area contributed by atoms with E-state index in [0.29, 0.717) is 0 Å². The van der Waals surface area contributed by atoms with Crippen LogP contribution in [0.3, 0.4) is 0 Å². The maximum absolute atomic E-state index is 13.4. The van der Waals surface area contributed by atoms with Crippen molar-refractivity contribution in [2.45, 2.75) is 25.3 Å². The van der Waals surface area contributed by atoms with Crippen LogP contribution < -0.4 is 10.5 Å². The van der Waals surface area contributed by atoms with Gasteiger partial charge in [0.25, 0.3) is 0 Å². The number of hydrogen-bond donors (Lipinski definition) is 2. The van der Waals surface area contributed by atoms with Crippen LogP contribution in [-0.2, 0) is 4.79 Å². The van der Waals surface area contributed by atoms with Crippen molar-refractivity contribution in [3.8, 4) is 5.75 Å². The first-order valence-electron chi connectivity index (χ1n) is 5.93. The van der Waals surface area contributed by atoms with Crippen LogP contribution in [0.25, 0.3) is 0 Å². The number of carbonyl (C=O) groups is 1. The zero-order valence-electron chi connectivity index (χ0n) is 11.1. The third-order valence-corrected chi connectivity index (χ3v) is 3.39. The van der Waals surface area contributed by atoms with Gasteiger partial charge >= 0.3 is 11.7 Å². The molecule has 116 valence electrons. The number of aliphatic carboxylic acids is 1. The number of halogens is 2. The Morgan fingerprint density at radius 3 is 2.76 bits per heavy atom. The van der Waals surface area contributed by atoms with Crippen molar-refractivity contribution < 1.29 is 24.0 Å². The second-order valence-electron chi connectivity index (χ2n) is 4.67. The average molecular weight is 365 g/mol. The van der Waals surface area contributed by atoms with Gasteiger partial charge < -0.3 is 15.6 Å². The Hall–Kier alpha value is -1.74. The molecule has 0 fully saturated rings. The molecule has 9 heteroatoms. The van der Waals surface area contributed by atoms with E-state index < -0.39 is 22.2 Å². The highest BCUT2D eigenvalue weighted by Gasteiger charge is 2.27. The lowest BCUT2D eigenvalue weighted by Crippen LogP contribution is -2.44. The number of carboxylic acid groups (broad SMARTS) is 1. The quantitative estimate of drug-likeness (QED) is 0.436. The summed E-state index contributed by atoms with van der Waals surface area (Å²) in [7, 11) is 0. The minimum atomic E-state index is -1.40. The van der Waals surface area contributed by atoms with Crippen molar-refractivity contribution in [1.29, 1.82) is 0 Å². The molecular formula is C12H14BrFN2O5. The molecule has 0 aromatic heterocycles. The predicted molar refractivity (Wildman–Crippen MR) is 75.7 cm³/mol. The smallest absolute Gasteiger partial charge is 0.323 e. The number of nitro groups is 1. The van der Waals surface area contributed by atoms with E-state index >= 15 is 0 Å². The van der Waals surface area contributed by atoms with Crippen molar-refractivity contribution >= 4 is 27.6 Å². The molecule has 1 atom stereocenters.